The molecule has 5 unspecified atom stereocenters. The lowest BCUT2D eigenvalue weighted by atomic mass is 9.98. The van der Waals surface area contributed by atoms with Crippen molar-refractivity contribution >= 4 is 29.7 Å². The molecule has 0 aliphatic rings. The number of imidazole rings is 1. The molecule has 1 aromatic rings. The minimum absolute atomic E-state index is 0.0103. The third-order valence-corrected chi connectivity index (χ3v) is 4.87. The van der Waals surface area contributed by atoms with Crippen LogP contribution in [0.25, 0.3) is 0 Å². The van der Waals surface area contributed by atoms with Crippen LogP contribution in [0.5, 0.6) is 0 Å². The molecule has 0 fully saturated rings. The molecule has 3 amide bonds. The third-order valence-electron chi connectivity index (χ3n) is 4.87. The van der Waals surface area contributed by atoms with Gasteiger partial charge in [-0.05, 0) is 12.8 Å². The molecule has 0 radical (unpaired) electrons. The lowest BCUT2D eigenvalue weighted by molar-refractivity contribution is -0.143. The van der Waals surface area contributed by atoms with Gasteiger partial charge in [-0.3, -0.25) is 19.2 Å². The van der Waals surface area contributed by atoms with E-state index in [1.165, 1.54) is 19.4 Å². The van der Waals surface area contributed by atoms with Crippen LogP contribution in [0.1, 0.15) is 39.3 Å². The number of amides is 3. The number of carboxylic acid groups (broad SMARTS) is 2. The standard InChI is InChI=1S/C19H30N6O7/c1-4-9(2)15(19(31)32)25-18(30)13(5-11-7-21-8-22-11)24-16(28)10(3)23-17(29)12(20)6-14(26)27/h7-10,12-13,15H,4-6,20H2,1-3H3,(H,21,22)(H,23,29)(H,24,28)(H,25,30)(H,26,27)(H,31,32). The first-order chi connectivity index (χ1) is 15.0. The molecule has 32 heavy (non-hydrogen) atoms. The molecule has 1 aromatic heterocycles. The molecule has 0 saturated carbocycles. The maximum atomic E-state index is 12.8. The van der Waals surface area contributed by atoms with Crippen LogP contribution >= 0.6 is 0 Å². The van der Waals surface area contributed by atoms with E-state index in [1.54, 1.807) is 13.8 Å². The van der Waals surface area contributed by atoms with Crippen molar-refractivity contribution in [1.29, 1.82) is 0 Å². The number of hydrogen-bond acceptors (Lipinski definition) is 7. The first kappa shape index (κ1) is 26.6. The molecule has 1 rings (SSSR count). The summed E-state index contributed by atoms with van der Waals surface area (Å²) in [7, 11) is 0. The quantitative estimate of drug-likeness (QED) is 0.181. The van der Waals surface area contributed by atoms with E-state index < -0.39 is 60.2 Å². The maximum absolute atomic E-state index is 12.8. The van der Waals surface area contributed by atoms with Gasteiger partial charge in [0.2, 0.25) is 17.7 Å². The molecular weight excluding hydrogens is 424 g/mol. The highest BCUT2D eigenvalue weighted by Crippen LogP contribution is 2.09. The zero-order valence-electron chi connectivity index (χ0n) is 18.1. The number of nitrogens with zero attached hydrogens (tertiary/aromatic N) is 1. The van der Waals surface area contributed by atoms with Gasteiger partial charge in [0, 0.05) is 18.3 Å². The smallest absolute Gasteiger partial charge is 0.326 e. The molecule has 0 bridgehead atoms. The molecule has 0 aliphatic heterocycles. The molecule has 0 spiro atoms. The number of nitrogens with one attached hydrogen (secondary N) is 4. The summed E-state index contributed by atoms with van der Waals surface area (Å²) in [5.74, 6) is -5.12. The van der Waals surface area contributed by atoms with Gasteiger partial charge in [0.05, 0.1) is 18.8 Å². The fourth-order valence-corrected chi connectivity index (χ4v) is 2.73. The zero-order valence-corrected chi connectivity index (χ0v) is 18.1. The largest absolute Gasteiger partial charge is 0.481 e. The Labute approximate surface area is 184 Å². The molecule has 1 heterocycles. The fourth-order valence-electron chi connectivity index (χ4n) is 2.73. The monoisotopic (exact) mass is 454 g/mol. The van der Waals surface area contributed by atoms with E-state index >= 15 is 0 Å². The molecule has 13 nitrogen and oxygen atoms in total. The summed E-state index contributed by atoms with van der Waals surface area (Å²) < 4.78 is 0. The fraction of sp³-hybridized carbons (Fsp3) is 0.579. The van der Waals surface area contributed by atoms with Crippen LogP contribution in [0.2, 0.25) is 0 Å². The van der Waals surface area contributed by atoms with Crippen molar-refractivity contribution in [3.05, 3.63) is 18.2 Å². The summed E-state index contributed by atoms with van der Waals surface area (Å²) in [5.41, 5.74) is 5.99. The van der Waals surface area contributed by atoms with Crippen molar-refractivity contribution in [3.63, 3.8) is 0 Å². The van der Waals surface area contributed by atoms with Gasteiger partial charge in [0.15, 0.2) is 0 Å². The van der Waals surface area contributed by atoms with Crippen molar-refractivity contribution in [3.8, 4) is 0 Å². The Morgan fingerprint density at radius 3 is 2.22 bits per heavy atom. The van der Waals surface area contributed by atoms with Crippen LogP contribution in [0.15, 0.2) is 12.5 Å². The topological polar surface area (TPSA) is 217 Å². The molecule has 0 aromatic carbocycles. The van der Waals surface area contributed by atoms with Crippen molar-refractivity contribution in [2.24, 2.45) is 11.7 Å². The lowest BCUT2D eigenvalue weighted by Crippen LogP contribution is -2.57. The Bertz CT molecular complexity index is 813. The first-order valence-corrected chi connectivity index (χ1v) is 10.0. The Morgan fingerprint density at radius 2 is 1.72 bits per heavy atom. The van der Waals surface area contributed by atoms with Crippen LogP contribution in [0.4, 0.5) is 0 Å². The Balaban J connectivity index is 2.90. The van der Waals surface area contributed by atoms with E-state index in [4.69, 9.17) is 10.8 Å². The van der Waals surface area contributed by atoms with Gasteiger partial charge >= 0.3 is 11.9 Å². The summed E-state index contributed by atoms with van der Waals surface area (Å²) in [5, 5.41) is 25.4. The second-order valence-electron chi connectivity index (χ2n) is 7.49. The number of carbonyl (C=O) groups excluding carboxylic acids is 3. The summed E-state index contributed by atoms with van der Waals surface area (Å²) in [6.07, 6.45) is 2.72. The van der Waals surface area contributed by atoms with Gasteiger partial charge in [-0.2, -0.15) is 0 Å². The van der Waals surface area contributed by atoms with Gasteiger partial charge < -0.3 is 36.9 Å². The van der Waals surface area contributed by atoms with Gasteiger partial charge in [-0.25, -0.2) is 9.78 Å². The molecule has 5 atom stereocenters. The minimum atomic E-state index is -1.35. The van der Waals surface area contributed by atoms with E-state index in [0.29, 0.717) is 12.1 Å². The van der Waals surface area contributed by atoms with Crippen molar-refractivity contribution in [1.82, 2.24) is 25.9 Å². The minimum Gasteiger partial charge on any atom is -0.481 e. The molecule has 178 valence electrons. The summed E-state index contributed by atoms with van der Waals surface area (Å²) in [6.45, 7) is 4.81. The molecule has 8 N–H and O–H groups in total. The summed E-state index contributed by atoms with van der Waals surface area (Å²) in [4.78, 5) is 66.2. The number of aromatic nitrogens is 2. The average Bonchev–Trinajstić information content (AvgIpc) is 3.22. The number of carbonyl (C=O) groups is 5. The van der Waals surface area contributed by atoms with Gasteiger partial charge in [0.25, 0.3) is 0 Å². The normalized spacial score (nSPS) is 15.5. The number of aliphatic carboxylic acids is 2. The van der Waals surface area contributed by atoms with Gasteiger partial charge in [-0.15, -0.1) is 0 Å². The van der Waals surface area contributed by atoms with Crippen LogP contribution in [-0.4, -0.2) is 74.0 Å². The second kappa shape index (κ2) is 12.4. The van der Waals surface area contributed by atoms with Crippen molar-refractivity contribution < 1.29 is 34.2 Å². The van der Waals surface area contributed by atoms with E-state index in [1.807, 2.05) is 0 Å². The highest BCUT2D eigenvalue weighted by Gasteiger charge is 2.31. The number of aromatic amines is 1. The zero-order chi connectivity index (χ0) is 24.4. The van der Waals surface area contributed by atoms with E-state index in [-0.39, 0.29) is 12.3 Å². The predicted octanol–water partition coefficient (Wildman–Crippen LogP) is -1.64. The van der Waals surface area contributed by atoms with Crippen LogP contribution in [-0.2, 0) is 30.4 Å². The number of hydrogen-bond donors (Lipinski definition) is 7. The van der Waals surface area contributed by atoms with Crippen molar-refractivity contribution in [2.45, 2.75) is 64.2 Å². The average molecular weight is 454 g/mol. The van der Waals surface area contributed by atoms with Gasteiger partial charge in [0.1, 0.15) is 18.1 Å². The predicted molar refractivity (Wildman–Crippen MR) is 111 cm³/mol. The van der Waals surface area contributed by atoms with Crippen LogP contribution in [0, 0.1) is 5.92 Å². The Kier molecular flexibility index (Phi) is 10.3. The number of nitrogens with two attached hydrogens (primary N) is 1. The number of rotatable bonds is 13. The molecule has 0 aliphatic carbocycles. The number of H-pyrrole nitrogens is 1. The van der Waals surface area contributed by atoms with E-state index in [9.17, 15) is 29.1 Å². The SMILES string of the molecule is CCC(C)C(NC(=O)C(Cc1cnc[nH]1)NC(=O)C(C)NC(=O)C(N)CC(=O)O)C(=O)O. The third kappa shape index (κ3) is 8.34. The van der Waals surface area contributed by atoms with Crippen LogP contribution in [0.3, 0.4) is 0 Å². The molecular formula is C19H30N6O7. The Hall–Kier alpha value is -3.48. The highest BCUT2D eigenvalue weighted by molar-refractivity contribution is 5.94. The lowest BCUT2D eigenvalue weighted by Gasteiger charge is -2.25. The van der Waals surface area contributed by atoms with Crippen molar-refractivity contribution in [2.75, 3.05) is 0 Å². The molecule has 13 heteroatoms. The molecule has 0 saturated heterocycles. The summed E-state index contributed by atoms with van der Waals surface area (Å²) >= 11 is 0. The van der Waals surface area contributed by atoms with E-state index in [2.05, 4.69) is 25.9 Å². The summed E-state index contributed by atoms with van der Waals surface area (Å²) in [6, 6.07) is -4.80. The van der Waals surface area contributed by atoms with E-state index in [0.717, 1.165) is 0 Å². The first-order valence-electron chi connectivity index (χ1n) is 10.0. The second-order valence-corrected chi connectivity index (χ2v) is 7.49. The Morgan fingerprint density at radius 1 is 1.06 bits per heavy atom. The van der Waals surface area contributed by atoms with Gasteiger partial charge in [-0.1, -0.05) is 20.3 Å². The highest BCUT2D eigenvalue weighted by atomic mass is 16.4. The van der Waals surface area contributed by atoms with Crippen LogP contribution < -0.4 is 21.7 Å². The maximum Gasteiger partial charge on any atom is 0.326 e. The number of carboxylic acids is 2.